The summed E-state index contributed by atoms with van der Waals surface area (Å²) in [7, 11) is 1.54. The molecule has 2 aromatic rings. The molecule has 0 saturated carbocycles. The van der Waals surface area contributed by atoms with Gasteiger partial charge in [0.05, 0.1) is 18.3 Å². The average molecular weight is 478 g/mol. The van der Waals surface area contributed by atoms with Crippen molar-refractivity contribution in [1.29, 1.82) is 0 Å². The molecule has 1 heterocycles. The molecular weight excluding hydrogens is 446 g/mol. The maximum Gasteiger partial charge on any atom is 0.312 e. The smallest absolute Gasteiger partial charge is 0.312 e. The number of carbonyl (C=O) groups is 2. The first-order chi connectivity index (χ1) is 15.8. The van der Waals surface area contributed by atoms with Crippen LogP contribution in [-0.4, -0.2) is 41.2 Å². The highest BCUT2D eigenvalue weighted by atomic mass is 35.5. The summed E-state index contributed by atoms with van der Waals surface area (Å²) in [6, 6.07) is 4.88. The van der Waals surface area contributed by atoms with Crippen molar-refractivity contribution in [2.45, 2.75) is 59.0 Å². The second kappa shape index (κ2) is 12.8. The van der Waals surface area contributed by atoms with Crippen molar-refractivity contribution in [2.24, 2.45) is 0 Å². The summed E-state index contributed by atoms with van der Waals surface area (Å²) >= 11 is 6.07. The van der Waals surface area contributed by atoms with Gasteiger partial charge in [0, 0.05) is 24.2 Å². The van der Waals surface area contributed by atoms with Crippen molar-refractivity contribution in [2.75, 3.05) is 24.3 Å². The van der Waals surface area contributed by atoms with E-state index in [-0.39, 0.29) is 18.1 Å². The first-order valence-electron chi connectivity index (χ1n) is 11.1. The van der Waals surface area contributed by atoms with Gasteiger partial charge in [0.25, 0.3) is 5.91 Å². The molecule has 0 bridgehead atoms. The molecule has 1 atom stereocenters. The quantitative estimate of drug-likeness (QED) is 0.405. The number of halogens is 1. The van der Waals surface area contributed by atoms with Gasteiger partial charge in [-0.15, -0.1) is 0 Å². The summed E-state index contributed by atoms with van der Waals surface area (Å²) in [6.45, 7) is 6.20. The predicted octanol–water partition coefficient (Wildman–Crippen LogP) is 3.02. The molecule has 1 aromatic heterocycles. The summed E-state index contributed by atoms with van der Waals surface area (Å²) in [5.74, 6) is -0.150. The molecule has 2 rings (SSSR count). The average Bonchev–Trinajstić information content (AvgIpc) is 2.80. The SMILES string of the molecule is CCCCCNc1ncc(C)n(NC(=O)C(CC)Oc2ccc(Cl)cc2CC(=O)NC)c1=O. The van der Waals surface area contributed by atoms with Crippen LogP contribution in [0.3, 0.4) is 0 Å². The third-order valence-corrected chi connectivity index (χ3v) is 5.25. The zero-order valence-electron chi connectivity index (χ0n) is 19.5. The fourth-order valence-electron chi connectivity index (χ4n) is 3.10. The van der Waals surface area contributed by atoms with E-state index in [4.69, 9.17) is 16.3 Å². The molecule has 0 saturated heterocycles. The normalized spacial score (nSPS) is 11.5. The summed E-state index contributed by atoms with van der Waals surface area (Å²) in [6.07, 6.45) is 4.06. The minimum absolute atomic E-state index is 0.0560. The lowest BCUT2D eigenvalue weighted by molar-refractivity contribution is -0.123. The van der Waals surface area contributed by atoms with Gasteiger partial charge in [-0.2, -0.15) is 0 Å². The van der Waals surface area contributed by atoms with Crippen molar-refractivity contribution in [3.8, 4) is 5.75 Å². The Labute approximate surface area is 198 Å². The Kier molecular flexibility index (Phi) is 10.2. The first-order valence-corrected chi connectivity index (χ1v) is 11.5. The van der Waals surface area contributed by atoms with E-state index < -0.39 is 17.6 Å². The Hall–Kier alpha value is -3.07. The molecule has 2 amide bonds. The fourth-order valence-corrected chi connectivity index (χ4v) is 3.29. The van der Waals surface area contributed by atoms with Gasteiger partial charge in [-0.1, -0.05) is 38.3 Å². The molecule has 0 aliphatic rings. The molecule has 0 spiro atoms. The third-order valence-electron chi connectivity index (χ3n) is 5.02. The number of hydrogen-bond donors (Lipinski definition) is 3. The van der Waals surface area contributed by atoms with Gasteiger partial charge >= 0.3 is 5.56 Å². The van der Waals surface area contributed by atoms with Crippen molar-refractivity contribution >= 4 is 29.2 Å². The minimum atomic E-state index is -0.893. The van der Waals surface area contributed by atoms with Gasteiger partial charge in [0.2, 0.25) is 5.91 Å². The molecule has 0 aliphatic carbocycles. The molecular formula is C23H32ClN5O4. The molecule has 180 valence electrons. The highest BCUT2D eigenvalue weighted by Crippen LogP contribution is 2.25. The Bertz CT molecular complexity index is 1020. The second-order valence-electron chi connectivity index (χ2n) is 7.62. The van der Waals surface area contributed by atoms with Crippen LogP contribution < -0.4 is 26.4 Å². The molecule has 9 nitrogen and oxygen atoms in total. The number of nitrogens with one attached hydrogen (secondary N) is 3. The molecule has 0 aliphatic heterocycles. The van der Waals surface area contributed by atoms with E-state index in [2.05, 4.69) is 28.0 Å². The number of likely N-dealkylation sites (N-methyl/N-ethyl adjacent to an activating group) is 1. The van der Waals surface area contributed by atoms with Crippen LogP contribution in [0.4, 0.5) is 5.82 Å². The Morgan fingerprint density at radius 3 is 2.67 bits per heavy atom. The number of benzene rings is 1. The Morgan fingerprint density at radius 2 is 2.00 bits per heavy atom. The maximum absolute atomic E-state index is 13.0. The van der Waals surface area contributed by atoms with Crippen LogP contribution in [0.1, 0.15) is 50.8 Å². The van der Waals surface area contributed by atoms with E-state index in [1.54, 1.807) is 32.0 Å². The summed E-state index contributed by atoms with van der Waals surface area (Å²) in [5.41, 5.74) is 3.23. The molecule has 1 unspecified atom stereocenters. The predicted molar refractivity (Wildman–Crippen MR) is 130 cm³/mol. The zero-order chi connectivity index (χ0) is 24.4. The molecule has 33 heavy (non-hydrogen) atoms. The van der Waals surface area contributed by atoms with E-state index in [0.29, 0.717) is 35.0 Å². The standard InChI is InChI=1S/C23H32ClN5O4/c1-5-7-8-11-26-21-23(32)29(15(3)14-27-21)28-22(31)18(6-2)33-19-10-9-17(24)12-16(19)13-20(30)25-4/h9-10,12,14,18H,5-8,11,13H2,1-4H3,(H,25,30)(H,26,27)(H,28,31). The number of unbranched alkanes of at least 4 members (excludes halogenated alkanes) is 2. The number of hydrogen-bond acceptors (Lipinski definition) is 6. The lowest BCUT2D eigenvalue weighted by Gasteiger charge is -2.21. The number of ether oxygens (including phenoxy) is 1. The second-order valence-corrected chi connectivity index (χ2v) is 8.05. The molecule has 0 radical (unpaired) electrons. The molecule has 1 aromatic carbocycles. The van der Waals surface area contributed by atoms with Gasteiger partial charge in [0.1, 0.15) is 5.75 Å². The van der Waals surface area contributed by atoms with E-state index in [9.17, 15) is 14.4 Å². The van der Waals surface area contributed by atoms with Crippen LogP contribution >= 0.6 is 11.6 Å². The molecule has 10 heteroatoms. The molecule has 3 N–H and O–H groups in total. The van der Waals surface area contributed by atoms with E-state index in [1.165, 1.54) is 13.2 Å². The van der Waals surface area contributed by atoms with Crippen LogP contribution in [0, 0.1) is 6.92 Å². The van der Waals surface area contributed by atoms with Gasteiger partial charge in [-0.25, -0.2) is 9.66 Å². The monoisotopic (exact) mass is 477 g/mol. The van der Waals surface area contributed by atoms with Crippen LogP contribution in [0.2, 0.25) is 5.02 Å². The number of aromatic nitrogens is 2. The number of nitrogens with zero attached hydrogens (tertiary/aromatic N) is 2. The molecule has 0 fully saturated rings. The van der Waals surface area contributed by atoms with Gasteiger partial charge in [0.15, 0.2) is 11.9 Å². The summed E-state index contributed by atoms with van der Waals surface area (Å²) in [5, 5.41) is 6.04. The Morgan fingerprint density at radius 1 is 1.24 bits per heavy atom. The minimum Gasteiger partial charge on any atom is -0.480 e. The number of amides is 2. The van der Waals surface area contributed by atoms with Crippen molar-refractivity contribution in [3.63, 3.8) is 0 Å². The van der Waals surface area contributed by atoms with E-state index in [1.807, 2.05) is 0 Å². The van der Waals surface area contributed by atoms with Crippen molar-refractivity contribution in [3.05, 3.63) is 51.0 Å². The van der Waals surface area contributed by atoms with Crippen molar-refractivity contribution in [1.82, 2.24) is 15.0 Å². The maximum atomic E-state index is 13.0. The van der Waals surface area contributed by atoms with Gasteiger partial charge in [-0.05, 0) is 38.0 Å². The lowest BCUT2D eigenvalue weighted by Crippen LogP contribution is -2.42. The number of rotatable bonds is 12. The van der Waals surface area contributed by atoms with Crippen LogP contribution in [-0.2, 0) is 16.0 Å². The third kappa shape index (κ3) is 7.49. The van der Waals surface area contributed by atoms with E-state index >= 15 is 0 Å². The highest BCUT2D eigenvalue weighted by Gasteiger charge is 2.22. The fraction of sp³-hybridized carbons (Fsp3) is 0.478. The zero-order valence-corrected chi connectivity index (χ0v) is 20.3. The van der Waals surface area contributed by atoms with E-state index in [0.717, 1.165) is 23.9 Å². The lowest BCUT2D eigenvalue weighted by atomic mass is 10.1. The van der Waals surface area contributed by atoms with Crippen molar-refractivity contribution < 1.29 is 14.3 Å². The summed E-state index contributed by atoms with van der Waals surface area (Å²) < 4.78 is 7.10. The van der Waals surface area contributed by atoms with Crippen LogP contribution in [0.5, 0.6) is 5.75 Å². The van der Waals surface area contributed by atoms with Crippen LogP contribution in [0.25, 0.3) is 0 Å². The number of aryl methyl sites for hydroxylation is 1. The number of carbonyl (C=O) groups excluding carboxylic acids is 2. The highest BCUT2D eigenvalue weighted by molar-refractivity contribution is 6.30. The van der Waals surface area contributed by atoms with Crippen LogP contribution in [0.15, 0.2) is 29.2 Å². The summed E-state index contributed by atoms with van der Waals surface area (Å²) in [4.78, 5) is 41.8. The largest absolute Gasteiger partial charge is 0.480 e. The topological polar surface area (TPSA) is 114 Å². The van der Waals surface area contributed by atoms with Gasteiger partial charge < -0.3 is 15.4 Å². The van der Waals surface area contributed by atoms with Gasteiger partial charge in [-0.3, -0.25) is 19.8 Å². The number of anilines is 1. The first kappa shape index (κ1) is 26.2. The Balaban J connectivity index is 2.19.